The van der Waals surface area contributed by atoms with Gasteiger partial charge in [0.1, 0.15) is 11.5 Å². The predicted molar refractivity (Wildman–Crippen MR) is 206 cm³/mol. The fourth-order valence-electron chi connectivity index (χ4n) is 8.88. The number of rotatable bonds is 4. The van der Waals surface area contributed by atoms with Gasteiger partial charge in [0.25, 0.3) is 0 Å². The molecular weight excluding hydrogens is 617 g/mol. The summed E-state index contributed by atoms with van der Waals surface area (Å²) in [5, 5.41) is 33.7. The van der Waals surface area contributed by atoms with Crippen LogP contribution < -0.4 is 9.80 Å². The molecule has 6 heteroatoms. The Kier molecular flexibility index (Phi) is 7.72. The number of hydrogen-bond acceptors (Lipinski definition) is 5. The monoisotopic (exact) mass is 666 g/mol. The Bertz CT molecular complexity index is 1930. The maximum absolute atomic E-state index is 11.7. The van der Waals surface area contributed by atoms with Crippen molar-refractivity contribution in [2.24, 2.45) is 0 Å². The number of nitriles is 1. The standard InChI is InChI=1S/C44H50N4O2/c1-41(2)14-18-47-20-16-43(5,6)35-37(47)32(41)23-29(39(35)49)12-10-27-25-34(46-9)28(22-31(27)26-45)11-13-30-24-33-38-36(40(30)50)44(7,8)17-21-48(38)19-15-42(33,3)4/h10-13,22-25,49-50H,14-21H2,1-8H3. The summed E-state index contributed by atoms with van der Waals surface area (Å²) >= 11 is 0. The molecule has 0 spiro atoms. The second-order valence-electron chi connectivity index (χ2n) is 17.6. The summed E-state index contributed by atoms with van der Waals surface area (Å²) in [5.41, 5.74) is 10.1. The van der Waals surface area contributed by atoms with Crippen LogP contribution in [0.5, 0.6) is 11.5 Å². The van der Waals surface area contributed by atoms with Crippen molar-refractivity contribution in [3.8, 4) is 17.6 Å². The molecule has 2 N–H and O–H groups in total. The lowest BCUT2D eigenvalue weighted by atomic mass is 9.68. The molecule has 0 unspecified atom stereocenters. The van der Waals surface area contributed by atoms with Crippen LogP contribution >= 0.6 is 0 Å². The van der Waals surface area contributed by atoms with Crippen LogP contribution in [-0.2, 0) is 21.7 Å². The second kappa shape index (κ2) is 11.4. The topological polar surface area (TPSA) is 75.1 Å². The summed E-state index contributed by atoms with van der Waals surface area (Å²) in [6.45, 7) is 30.0. The molecule has 0 radical (unpaired) electrons. The Balaban J connectivity index is 1.29. The molecule has 0 atom stereocenters. The highest BCUT2D eigenvalue weighted by atomic mass is 16.3. The smallest absolute Gasteiger partial charge is 0.194 e. The van der Waals surface area contributed by atoms with Gasteiger partial charge in [-0.1, -0.05) is 79.7 Å². The highest BCUT2D eigenvalue weighted by molar-refractivity contribution is 5.87. The lowest BCUT2D eigenvalue weighted by Gasteiger charge is -2.48. The van der Waals surface area contributed by atoms with E-state index < -0.39 is 0 Å². The summed E-state index contributed by atoms with van der Waals surface area (Å²) in [5.74, 6) is 0.601. The average Bonchev–Trinajstić information content (AvgIpc) is 3.05. The number of phenolic OH excluding ortho intramolecular Hbond substituents is 2. The molecule has 3 aromatic carbocycles. The summed E-state index contributed by atoms with van der Waals surface area (Å²) in [7, 11) is 0. The van der Waals surface area contributed by atoms with Gasteiger partial charge in [-0.3, -0.25) is 0 Å². The summed E-state index contributed by atoms with van der Waals surface area (Å²) < 4.78 is 0. The average molecular weight is 667 g/mol. The molecular formula is C44H50N4O2. The van der Waals surface area contributed by atoms with Gasteiger partial charge in [0.05, 0.1) is 18.2 Å². The Hall–Kier alpha value is -4.68. The number of aromatic hydroxyl groups is 2. The Labute approximate surface area is 298 Å². The van der Waals surface area contributed by atoms with Gasteiger partial charge in [0.15, 0.2) is 5.69 Å². The molecule has 0 bridgehead atoms. The number of anilines is 2. The van der Waals surface area contributed by atoms with Gasteiger partial charge in [0, 0.05) is 59.8 Å². The Morgan fingerprint density at radius 3 is 1.44 bits per heavy atom. The van der Waals surface area contributed by atoms with Gasteiger partial charge in [0.2, 0.25) is 0 Å². The fraction of sp³-hybridized carbons (Fsp3) is 0.455. The van der Waals surface area contributed by atoms with Gasteiger partial charge in [-0.05, 0) is 93.9 Å². The first-order chi connectivity index (χ1) is 23.5. The van der Waals surface area contributed by atoms with Crippen LogP contribution in [-0.4, -0.2) is 36.4 Å². The minimum absolute atomic E-state index is 0.0248. The van der Waals surface area contributed by atoms with E-state index in [-0.39, 0.29) is 21.7 Å². The van der Waals surface area contributed by atoms with Crippen LogP contribution in [0.25, 0.3) is 29.1 Å². The van der Waals surface area contributed by atoms with Crippen molar-refractivity contribution < 1.29 is 10.2 Å². The zero-order valence-corrected chi connectivity index (χ0v) is 31.0. The summed E-state index contributed by atoms with van der Waals surface area (Å²) in [6, 6.07) is 10.1. The van der Waals surface area contributed by atoms with Crippen LogP contribution in [0, 0.1) is 17.9 Å². The number of hydrogen-bond donors (Lipinski definition) is 2. The molecule has 4 aliphatic heterocycles. The lowest BCUT2D eigenvalue weighted by Crippen LogP contribution is -2.44. The lowest BCUT2D eigenvalue weighted by molar-refractivity contribution is 0.377. The fourth-order valence-corrected chi connectivity index (χ4v) is 8.88. The SMILES string of the molecule is [C-]#[N+]c1cc(C=Cc2cc3c4c(c2O)C(C)(C)CCN4CCC3(C)C)c(C#N)cc1C=Cc1cc2c3c(c1O)C(C)(C)CCN3CCC2(C)C. The van der Waals surface area contributed by atoms with Crippen molar-refractivity contribution in [2.45, 2.75) is 103 Å². The summed E-state index contributed by atoms with van der Waals surface area (Å²) in [4.78, 5) is 8.73. The van der Waals surface area contributed by atoms with Crippen molar-refractivity contribution >= 4 is 41.4 Å². The molecule has 0 amide bonds. The third kappa shape index (κ3) is 5.27. The van der Waals surface area contributed by atoms with E-state index in [1.807, 2.05) is 24.3 Å². The largest absolute Gasteiger partial charge is 0.507 e. The van der Waals surface area contributed by atoms with Gasteiger partial charge in [-0.15, -0.1) is 0 Å². The Morgan fingerprint density at radius 1 is 0.620 bits per heavy atom. The van der Waals surface area contributed by atoms with E-state index in [1.165, 1.54) is 22.5 Å². The van der Waals surface area contributed by atoms with Gasteiger partial charge in [-0.25, -0.2) is 4.85 Å². The van der Waals surface area contributed by atoms with Crippen molar-refractivity contribution in [2.75, 3.05) is 36.0 Å². The predicted octanol–water partition coefficient (Wildman–Crippen LogP) is 10.2. The van der Waals surface area contributed by atoms with Crippen molar-refractivity contribution in [3.05, 3.63) is 85.8 Å². The van der Waals surface area contributed by atoms with Crippen LogP contribution in [0.15, 0.2) is 24.3 Å². The van der Waals surface area contributed by atoms with Crippen LogP contribution in [0.3, 0.4) is 0 Å². The van der Waals surface area contributed by atoms with Crippen molar-refractivity contribution in [3.63, 3.8) is 0 Å². The van der Waals surface area contributed by atoms with Crippen LogP contribution in [0.4, 0.5) is 17.1 Å². The van der Waals surface area contributed by atoms with Gasteiger partial charge >= 0.3 is 0 Å². The van der Waals surface area contributed by atoms with E-state index in [1.54, 1.807) is 12.1 Å². The first-order valence-corrected chi connectivity index (χ1v) is 18.1. The third-order valence-electron chi connectivity index (χ3n) is 12.4. The zero-order valence-electron chi connectivity index (χ0n) is 31.0. The highest BCUT2D eigenvalue weighted by Crippen LogP contribution is 2.55. The van der Waals surface area contributed by atoms with E-state index in [4.69, 9.17) is 6.57 Å². The van der Waals surface area contributed by atoms with Crippen LogP contribution in [0.1, 0.15) is 131 Å². The Morgan fingerprint density at radius 2 is 1.02 bits per heavy atom. The molecule has 0 aromatic heterocycles. The maximum Gasteiger partial charge on any atom is 0.194 e. The highest BCUT2D eigenvalue weighted by Gasteiger charge is 2.43. The third-order valence-corrected chi connectivity index (χ3v) is 12.4. The molecule has 7 rings (SSSR count). The molecule has 3 aromatic rings. The molecule has 258 valence electrons. The molecule has 0 saturated carbocycles. The van der Waals surface area contributed by atoms with E-state index in [0.717, 1.165) is 74.1 Å². The number of phenols is 2. The summed E-state index contributed by atoms with van der Waals surface area (Å²) in [6.07, 6.45) is 11.6. The number of nitrogens with zero attached hydrogens (tertiary/aromatic N) is 4. The van der Waals surface area contributed by atoms with E-state index >= 15 is 0 Å². The molecule has 4 aliphatic rings. The first kappa shape index (κ1) is 33.8. The van der Waals surface area contributed by atoms with E-state index in [9.17, 15) is 15.5 Å². The van der Waals surface area contributed by atoms with Crippen LogP contribution in [0.2, 0.25) is 0 Å². The van der Waals surface area contributed by atoms with Crippen molar-refractivity contribution in [1.82, 2.24) is 0 Å². The number of benzene rings is 3. The molecule has 50 heavy (non-hydrogen) atoms. The molecule has 0 saturated heterocycles. The van der Waals surface area contributed by atoms with E-state index in [0.29, 0.717) is 33.9 Å². The van der Waals surface area contributed by atoms with Gasteiger partial charge in [-0.2, -0.15) is 5.26 Å². The van der Waals surface area contributed by atoms with Crippen molar-refractivity contribution in [1.29, 1.82) is 5.26 Å². The minimum atomic E-state index is -0.167. The zero-order chi connectivity index (χ0) is 36.0. The molecule has 4 heterocycles. The second-order valence-corrected chi connectivity index (χ2v) is 17.6. The normalized spacial score (nSPS) is 20.7. The molecule has 6 nitrogen and oxygen atoms in total. The van der Waals surface area contributed by atoms with E-state index in [2.05, 4.69) is 88.2 Å². The minimum Gasteiger partial charge on any atom is -0.507 e. The van der Waals surface area contributed by atoms with Gasteiger partial charge < -0.3 is 20.0 Å². The first-order valence-electron chi connectivity index (χ1n) is 18.1. The maximum atomic E-state index is 11.7. The quantitative estimate of drug-likeness (QED) is 0.214. The molecule has 0 aliphatic carbocycles. The molecule has 0 fully saturated rings.